The van der Waals surface area contributed by atoms with E-state index in [9.17, 15) is 0 Å². The average Bonchev–Trinajstić information content (AvgIpc) is 2.98. The third-order valence-corrected chi connectivity index (χ3v) is 4.61. The molecule has 3 N–H and O–H groups in total. The van der Waals surface area contributed by atoms with E-state index < -0.39 is 0 Å². The molecule has 136 valence electrons. The Morgan fingerprint density at radius 2 is 1.73 bits per heavy atom. The molecule has 0 radical (unpaired) electrons. The van der Waals surface area contributed by atoms with Gasteiger partial charge in [-0.3, -0.25) is 0 Å². The van der Waals surface area contributed by atoms with Crippen molar-refractivity contribution in [2.45, 2.75) is 27.7 Å². The van der Waals surface area contributed by atoms with E-state index in [1.165, 1.54) is 5.69 Å². The first-order valence-corrected chi connectivity index (χ1v) is 9.13. The molecular formula is C19H24N6S. The lowest BCUT2D eigenvalue weighted by molar-refractivity contribution is 0.759. The molecule has 2 aromatic carbocycles. The number of thiocarbonyl (C=S) groups is 1. The number of benzene rings is 2. The molecule has 0 amide bonds. The molecule has 0 atom stereocenters. The van der Waals surface area contributed by atoms with Gasteiger partial charge in [-0.2, -0.15) is 4.80 Å². The third-order valence-electron chi connectivity index (χ3n) is 4.51. The van der Waals surface area contributed by atoms with Gasteiger partial charge in [-0.15, -0.1) is 10.2 Å². The number of nitrogens with zero attached hydrogens (tertiary/aromatic N) is 4. The number of anilines is 2. The van der Waals surface area contributed by atoms with Gasteiger partial charge in [0.1, 0.15) is 11.0 Å². The lowest BCUT2D eigenvalue weighted by Crippen LogP contribution is -2.21. The highest BCUT2D eigenvalue weighted by Gasteiger charge is 2.11. The Morgan fingerprint density at radius 1 is 1.08 bits per heavy atom. The number of rotatable bonds is 5. The summed E-state index contributed by atoms with van der Waals surface area (Å²) >= 11 is 4.93. The van der Waals surface area contributed by atoms with Gasteiger partial charge in [0, 0.05) is 24.5 Å². The molecule has 0 unspecified atom stereocenters. The molecule has 0 aliphatic rings. The number of fused-ring (bicyclic) bond motifs is 1. The third kappa shape index (κ3) is 3.48. The van der Waals surface area contributed by atoms with Gasteiger partial charge in [-0.25, -0.2) is 0 Å². The van der Waals surface area contributed by atoms with Gasteiger partial charge in [0.2, 0.25) is 0 Å². The van der Waals surface area contributed by atoms with Crippen LogP contribution in [0, 0.1) is 13.8 Å². The second kappa shape index (κ2) is 7.29. The maximum atomic E-state index is 5.59. The fraction of sp³-hybridized carbons (Fsp3) is 0.316. The van der Waals surface area contributed by atoms with Crippen LogP contribution in [0.4, 0.5) is 11.4 Å². The molecule has 0 aliphatic carbocycles. The van der Waals surface area contributed by atoms with Crippen molar-refractivity contribution in [3.8, 4) is 5.69 Å². The quantitative estimate of drug-likeness (QED) is 0.671. The van der Waals surface area contributed by atoms with Crippen LogP contribution in [0.1, 0.15) is 25.0 Å². The summed E-state index contributed by atoms with van der Waals surface area (Å²) in [6, 6.07) is 10.3. The van der Waals surface area contributed by atoms with Gasteiger partial charge >= 0.3 is 0 Å². The molecule has 0 spiro atoms. The van der Waals surface area contributed by atoms with Crippen LogP contribution in [0.15, 0.2) is 30.3 Å². The van der Waals surface area contributed by atoms with Gasteiger partial charge in [0.25, 0.3) is 0 Å². The maximum absolute atomic E-state index is 5.59. The molecule has 0 saturated heterocycles. The minimum absolute atomic E-state index is 0.239. The van der Waals surface area contributed by atoms with Gasteiger partial charge in [0.05, 0.1) is 5.69 Å². The number of hydrogen-bond donors (Lipinski definition) is 2. The Kier molecular flexibility index (Phi) is 5.08. The number of aromatic nitrogens is 3. The molecule has 26 heavy (non-hydrogen) atoms. The molecule has 7 heteroatoms. The van der Waals surface area contributed by atoms with E-state index in [0.29, 0.717) is 0 Å². The van der Waals surface area contributed by atoms with Crippen molar-refractivity contribution in [3.63, 3.8) is 0 Å². The van der Waals surface area contributed by atoms with E-state index in [1.807, 2.05) is 19.1 Å². The summed E-state index contributed by atoms with van der Waals surface area (Å²) in [5.74, 6) is 0. The maximum Gasteiger partial charge on any atom is 0.168 e. The van der Waals surface area contributed by atoms with Gasteiger partial charge in [-0.05, 0) is 81.4 Å². The topological polar surface area (TPSA) is 72.0 Å². The molecule has 3 aromatic rings. The zero-order chi connectivity index (χ0) is 18.8. The predicted octanol–water partition coefficient (Wildman–Crippen LogP) is 3.54. The highest BCUT2D eigenvalue weighted by Crippen LogP contribution is 2.24. The molecule has 0 fully saturated rings. The van der Waals surface area contributed by atoms with E-state index in [4.69, 9.17) is 18.0 Å². The van der Waals surface area contributed by atoms with E-state index in [0.717, 1.165) is 46.6 Å². The van der Waals surface area contributed by atoms with Crippen LogP contribution in [-0.4, -0.2) is 33.2 Å². The van der Waals surface area contributed by atoms with Crippen molar-refractivity contribution in [2.75, 3.05) is 23.3 Å². The zero-order valence-electron chi connectivity index (χ0n) is 15.6. The Morgan fingerprint density at radius 3 is 2.31 bits per heavy atom. The minimum Gasteiger partial charge on any atom is -0.376 e. The SMILES string of the molecule is CCN(CC)c1ccc(-n2nc3cc(C)c(NC(N)=S)cc3n2)c(C)c1. The van der Waals surface area contributed by atoms with Gasteiger partial charge in [0.15, 0.2) is 5.11 Å². The van der Waals surface area contributed by atoms with Crippen molar-refractivity contribution < 1.29 is 0 Å². The number of nitrogens with two attached hydrogens (primary N) is 1. The van der Waals surface area contributed by atoms with Crippen LogP contribution in [0.5, 0.6) is 0 Å². The smallest absolute Gasteiger partial charge is 0.168 e. The highest BCUT2D eigenvalue weighted by atomic mass is 32.1. The summed E-state index contributed by atoms with van der Waals surface area (Å²) in [6.07, 6.45) is 0. The van der Waals surface area contributed by atoms with E-state index in [-0.39, 0.29) is 5.11 Å². The van der Waals surface area contributed by atoms with Crippen LogP contribution >= 0.6 is 12.2 Å². The Bertz CT molecular complexity index is 958. The van der Waals surface area contributed by atoms with Crippen molar-refractivity contribution in [3.05, 3.63) is 41.5 Å². The van der Waals surface area contributed by atoms with Crippen LogP contribution in [-0.2, 0) is 0 Å². The second-order valence-corrected chi connectivity index (χ2v) is 6.72. The first kappa shape index (κ1) is 18.1. The molecule has 1 aromatic heterocycles. The lowest BCUT2D eigenvalue weighted by atomic mass is 10.1. The van der Waals surface area contributed by atoms with Crippen LogP contribution < -0.4 is 16.0 Å². The Balaban J connectivity index is 2.01. The average molecular weight is 369 g/mol. The summed E-state index contributed by atoms with van der Waals surface area (Å²) in [7, 11) is 0. The first-order chi connectivity index (χ1) is 12.4. The van der Waals surface area contributed by atoms with E-state index in [1.54, 1.807) is 4.80 Å². The molecule has 6 nitrogen and oxygen atoms in total. The molecule has 3 rings (SSSR count). The van der Waals surface area contributed by atoms with Crippen LogP contribution in [0.3, 0.4) is 0 Å². The fourth-order valence-electron chi connectivity index (χ4n) is 3.09. The molecule has 0 aliphatic heterocycles. The summed E-state index contributed by atoms with van der Waals surface area (Å²) in [6.45, 7) is 10.4. The Labute approximate surface area is 159 Å². The molecule has 0 saturated carbocycles. The largest absolute Gasteiger partial charge is 0.376 e. The van der Waals surface area contributed by atoms with Crippen molar-refractivity contribution in [1.82, 2.24) is 15.0 Å². The van der Waals surface area contributed by atoms with Crippen molar-refractivity contribution >= 4 is 39.7 Å². The fourth-order valence-corrected chi connectivity index (χ4v) is 3.20. The molecule has 0 bridgehead atoms. The van der Waals surface area contributed by atoms with Crippen LogP contribution in [0.2, 0.25) is 0 Å². The number of hydrogen-bond acceptors (Lipinski definition) is 4. The predicted molar refractivity (Wildman–Crippen MR) is 112 cm³/mol. The van der Waals surface area contributed by atoms with Gasteiger partial charge < -0.3 is 16.0 Å². The summed E-state index contributed by atoms with van der Waals surface area (Å²) in [5.41, 5.74) is 12.4. The monoisotopic (exact) mass is 368 g/mol. The van der Waals surface area contributed by atoms with Crippen molar-refractivity contribution in [2.24, 2.45) is 5.73 Å². The summed E-state index contributed by atoms with van der Waals surface area (Å²) in [4.78, 5) is 4.01. The minimum atomic E-state index is 0.239. The molecular weight excluding hydrogens is 344 g/mol. The van der Waals surface area contributed by atoms with Crippen molar-refractivity contribution in [1.29, 1.82) is 0 Å². The number of nitrogens with one attached hydrogen (secondary N) is 1. The second-order valence-electron chi connectivity index (χ2n) is 6.28. The lowest BCUT2D eigenvalue weighted by Gasteiger charge is -2.22. The standard InChI is InChI=1S/C19H24N6S/c1-5-24(6-2)14-7-8-18(13(4)9-14)25-22-16-10-12(3)15(21-19(20)26)11-17(16)23-25/h7-11H,5-6H2,1-4H3,(H3,20,21,26). The first-order valence-electron chi connectivity index (χ1n) is 8.73. The normalized spacial score (nSPS) is 10.9. The summed E-state index contributed by atoms with van der Waals surface area (Å²) < 4.78 is 0. The van der Waals surface area contributed by atoms with Crippen LogP contribution in [0.25, 0.3) is 16.7 Å². The zero-order valence-corrected chi connectivity index (χ0v) is 16.4. The van der Waals surface area contributed by atoms with E-state index in [2.05, 4.69) is 59.4 Å². The highest BCUT2D eigenvalue weighted by molar-refractivity contribution is 7.80. The van der Waals surface area contributed by atoms with Gasteiger partial charge in [-0.1, -0.05) is 0 Å². The Hall–Kier alpha value is -2.67. The summed E-state index contributed by atoms with van der Waals surface area (Å²) in [5, 5.41) is 12.5. The molecule has 1 heterocycles. The van der Waals surface area contributed by atoms with E-state index >= 15 is 0 Å². The number of aryl methyl sites for hydroxylation is 2.